The molecule has 0 aliphatic carbocycles. The summed E-state index contributed by atoms with van der Waals surface area (Å²) in [6.07, 6.45) is -5.20. The lowest BCUT2D eigenvalue weighted by Crippen LogP contribution is -2.32. The normalized spacial score (nSPS) is 11.1. The molecule has 0 spiro atoms. The van der Waals surface area contributed by atoms with Crippen molar-refractivity contribution in [2.24, 2.45) is 0 Å². The number of para-hydroxylation sites is 1. The average Bonchev–Trinajstić information content (AvgIpc) is 2.38. The summed E-state index contributed by atoms with van der Waals surface area (Å²) in [5, 5.41) is 2.02. The summed E-state index contributed by atoms with van der Waals surface area (Å²) in [6.45, 7) is 0. The molecule has 0 saturated heterocycles. The highest BCUT2D eigenvalue weighted by atomic mass is 19.4. The van der Waals surface area contributed by atoms with Crippen LogP contribution < -0.4 is 5.32 Å². The lowest BCUT2D eigenvalue weighted by Gasteiger charge is -2.17. The molecule has 0 bridgehead atoms. The van der Waals surface area contributed by atoms with E-state index in [9.17, 15) is 27.2 Å². The van der Waals surface area contributed by atoms with Gasteiger partial charge in [0.25, 0.3) is 5.91 Å². The van der Waals surface area contributed by atoms with E-state index in [2.05, 4.69) is 4.84 Å². The van der Waals surface area contributed by atoms with Gasteiger partial charge in [0, 0.05) is 7.05 Å². The molecule has 2 amide bonds. The van der Waals surface area contributed by atoms with Gasteiger partial charge in [0.05, 0.1) is 18.4 Å². The van der Waals surface area contributed by atoms with E-state index in [-0.39, 0.29) is 0 Å². The summed E-state index contributed by atoms with van der Waals surface area (Å²) in [4.78, 5) is 27.2. The number of hydrogen-bond acceptors (Lipinski definition) is 3. The van der Waals surface area contributed by atoms with Crippen LogP contribution >= 0.6 is 0 Å². The van der Waals surface area contributed by atoms with Gasteiger partial charge in [0.15, 0.2) is 0 Å². The van der Waals surface area contributed by atoms with E-state index in [1.807, 2.05) is 0 Å². The number of amides is 2. The molecule has 0 heterocycles. The molecule has 0 fully saturated rings. The Labute approximate surface area is 111 Å². The standard InChI is InChI=1S/C11H10F4N2O3/c1-17(20-2)9(18)6-4-3-5-7(12)8(6)16-10(19)11(13,14)15/h3-5H,1-2H3,(H,16,19). The minimum Gasteiger partial charge on any atom is -0.315 e. The summed E-state index contributed by atoms with van der Waals surface area (Å²) in [6, 6.07) is 3.00. The second kappa shape index (κ2) is 5.87. The molecule has 5 nitrogen and oxygen atoms in total. The van der Waals surface area contributed by atoms with Crippen LogP contribution in [0.4, 0.5) is 23.2 Å². The number of nitrogens with one attached hydrogen (secondary N) is 1. The van der Waals surface area contributed by atoms with Crippen molar-refractivity contribution in [3.63, 3.8) is 0 Å². The predicted octanol–water partition coefficient (Wildman–Crippen LogP) is 1.96. The third-order valence-electron chi connectivity index (χ3n) is 2.30. The zero-order valence-corrected chi connectivity index (χ0v) is 10.4. The first-order valence-corrected chi connectivity index (χ1v) is 5.17. The number of nitrogens with zero attached hydrogens (tertiary/aromatic N) is 1. The number of hydroxylamine groups is 2. The molecule has 1 rings (SSSR count). The Morgan fingerprint density at radius 1 is 1.30 bits per heavy atom. The van der Waals surface area contributed by atoms with Crippen molar-refractivity contribution in [2.45, 2.75) is 6.18 Å². The van der Waals surface area contributed by atoms with E-state index >= 15 is 0 Å². The second-order valence-corrected chi connectivity index (χ2v) is 3.60. The maximum absolute atomic E-state index is 13.5. The average molecular weight is 294 g/mol. The van der Waals surface area contributed by atoms with Crippen LogP contribution in [-0.2, 0) is 9.63 Å². The van der Waals surface area contributed by atoms with Gasteiger partial charge >= 0.3 is 12.1 Å². The fraction of sp³-hybridized carbons (Fsp3) is 0.273. The third-order valence-corrected chi connectivity index (χ3v) is 2.30. The number of anilines is 1. The van der Waals surface area contributed by atoms with Gasteiger partial charge in [0.1, 0.15) is 5.82 Å². The van der Waals surface area contributed by atoms with E-state index < -0.39 is 35.1 Å². The summed E-state index contributed by atoms with van der Waals surface area (Å²) in [5.41, 5.74) is -1.32. The second-order valence-electron chi connectivity index (χ2n) is 3.60. The highest BCUT2D eigenvalue weighted by Gasteiger charge is 2.39. The van der Waals surface area contributed by atoms with Gasteiger partial charge in [-0.25, -0.2) is 9.45 Å². The molecule has 1 aromatic rings. The van der Waals surface area contributed by atoms with Crippen molar-refractivity contribution in [1.29, 1.82) is 0 Å². The first-order valence-electron chi connectivity index (χ1n) is 5.17. The van der Waals surface area contributed by atoms with Gasteiger partial charge in [-0.15, -0.1) is 0 Å². The molecule has 9 heteroatoms. The Balaban J connectivity index is 3.19. The molecule has 0 radical (unpaired) electrons. The maximum atomic E-state index is 13.5. The van der Waals surface area contributed by atoms with E-state index in [1.165, 1.54) is 12.4 Å². The third kappa shape index (κ3) is 3.44. The van der Waals surface area contributed by atoms with Gasteiger partial charge in [0.2, 0.25) is 0 Å². The molecule has 20 heavy (non-hydrogen) atoms. The summed E-state index contributed by atoms with van der Waals surface area (Å²) in [5.74, 6) is -4.46. The lowest BCUT2D eigenvalue weighted by atomic mass is 10.1. The zero-order valence-electron chi connectivity index (χ0n) is 10.4. The molecule has 0 atom stereocenters. The van der Waals surface area contributed by atoms with E-state index in [0.717, 1.165) is 25.3 Å². The molecular weight excluding hydrogens is 284 g/mol. The lowest BCUT2D eigenvalue weighted by molar-refractivity contribution is -0.167. The Morgan fingerprint density at radius 3 is 2.40 bits per heavy atom. The number of alkyl halides is 3. The zero-order chi connectivity index (χ0) is 15.5. The van der Waals surface area contributed by atoms with Crippen LogP contribution in [0.15, 0.2) is 18.2 Å². The fourth-order valence-electron chi connectivity index (χ4n) is 1.27. The van der Waals surface area contributed by atoms with Crippen molar-refractivity contribution in [3.8, 4) is 0 Å². The van der Waals surface area contributed by atoms with Gasteiger partial charge in [-0.2, -0.15) is 13.2 Å². The maximum Gasteiger partial charge on any atom is 0.471 e. The summed E-state index contributed by atoms with van der Waals surface area (Å²) in [7, 11) is 2.33. The van der Waals surface area contributed by atoms with E-state index in [4.69, 9.17) is 0 Å². The smallest absolute Gasteiger partial charge is 0.315 e. The van der Waals surface area contributed by atoms with Crippen LogP contribution in [-0.4, -0.2) is 37.2 Å². The minimum atomic E-state index is -5.20. The molecule has 110 valence electrons. The first kappa shape index (κ1) is 15.9. The topological polar surface area (TPSA) is 58.6 Å². The minimum absolute atomic E-state index is 0.466. The van der Waals surface area contributed by atoms with Gasteiger partial charge in [-0.1, -0.05) is 6.07 Å². The number of hydrogen-bond donors (Lipinski definition) is 1. The Kier molecular flexibility index (Phi) is 4.66. The van der Waals surface area contributed by atoms with E-state index in [0.29, 0.717) is 5.06 Å². The number of halogens is 4. The van der Waals surface area contributed by atoms with Crippen LogP contribution in [0.1, 0.15) is 10.4 Å². The SMILES string of the molecule is CON(C)C(=O)c1cccc(F)c1NC(=O)C(F)(F)F. The monoisotopic (exact) mass is 294 g/mol. The molecule has 0 unspecified atom stereocenters. The predicted molar refractivity (Wildman–Crippen MR) is 60.2 cm³/mol. The molecule has 1 N–H and O–H groups in total. The highest BCUT2D eigenvalue weighted by Crippen LogP contribution is 2.24. The quantitative estimate of drug-likeness (QED) is 0.685. The number of rotatable bonds is 3. The van der Waals surface area contributed by atoms with Crippen LogP contribution in [0.3, 0.4) is 0 Å². The number of benzene rings is 1. The van der Waals surface area contributed by atoms with Gasteiger partial charge < -0.3 is 5.32 Å². The molecule has 0 saturated carbocycles. The van der Waals surface area contributed by atoms with Crippen LogP contribution in [0, 0.1) is 5.82 Å². The fourth-order valence-corrected chi connectivity index (χ4v) is 1.27. The highest BCUT2D eigenvalue weighted by molar-refractivity contribution is 6.04. The van der Waals surface area contributed by atoms with E-state index in [1.54, 1.807) is 0 Å². The van der Waals surface area contributed by atoms with Crippen molar-refractivity contribution >= 4 is 17.5 Å². The Bertz CT molecular complexity index is 531. The molecule has 1 aromatic carbocycles. The first-order chi connectivity index (χ1) is 9.18. The van der Waals surface area contributed by atoms with Crippen LogP contribution in [0.5, 0.6) is 0 Å². The van der Waals surface area contributed by atoms with Crippen molar-refractivity contribution in [2.75, 3.05) is 19.5 Å². The number of carbonyl (C=O) groups excluding carboxylic acids is 2. The van der Waals surface area contributed by atoms with Gasteiger partial charge in [-0.3, -0.25) is 14.4 Å². The molecular formula is C11H10F4N2O3. The Morgan fingerprint density at radius 2 is 1.90 bits per heavy atom. The largest absolute Gasteiger partial charge is 0.471 e. The van der Waals surface area contributed by atoms with Crippen molar-refractivity contribution in [1.82, 2.24) is 5.06 Å². The summed E-state index contributed by atoms with van der Waals surface area (Å²) < 4.78 is 50.0. The molecule has 0 aromatic heterocycles. The molecule has 0 aliphatic rings. The van der Waals surface area contributed by atoms with Gasteiger partial charge in [-0.05, 0) is 12.1 Å². The Hall–Kier alpha value is -2.16. The van der Waals surface area contributed by atoms with Crippen molar-refractivity contribution in [3.05, 3.63) is 29.6 Å². The van der Waals surface area contributed by atoms with Crippen LogP contribution in [0.25, 0.3) is 0 Å². The molecule has 0 aliphatic heterocycles. The van der Waals surface area contributed by atoms with Crippen LogP contribution in [0.2, 0.25) is 0 Å². The summed E-state index contributed by atoms with van der Waals surface area (Å²) >= 11 is 0. The van der Waals surface area contributed by atoms with Crippen molar-refractivity contribution < 1.29 is 32.0 Å². The number of carbonyl (C=O) groups is 2.